The van der Waals surface area contributed by atoms with Gasteiger partial charge in [0.1, 0.15) is 0 Å². The lowest BCUT2D eigenvalue weighted by Gasteiger charge is -2.25. The molecule has 3 aromatic carbocycles. The molecule has 1 saturated heterocycles. The fraction of sp³-hybridized carbons (Fsp3) is 0.370. The molecule has 3 aromatic rings. The van der Waals surface area contributed by atoms with E-state index in [0.717, 1.165) is 25.1 Å². The van der Waals surface area contributed by atoms with Gasteiger partial charge in [0.25, 0.3) is 0 Å². The van der Waals surface area contributed by atoms with Crippen LogP contribution in [0.4, 0.5) is 5.69 Å². The molecule has 0 aliphatic carbocycles. The molecule has 0 unspecified atom stereocenters. The minimum absolute atomic E-state index is 0.215. The van der Waals surface area contributed by atoms with E-state index in [1.54, 1.807) is 0 Å². The second kappa shape index (κ2) is 8.72. The number of esters is 1. The lowest BCUT2D eigenvalue weighted by Crippen LogP contribution is -2.34. The predicted molar refractivity (Wildman–Crippen MR) is 128 cm³/mol. The quantitative estimate of drug-likeness (QED) is 0.560. The number of hydrogen-bond donors (Lipinski definition) is 1. The largest absolute Gasteiger partial charge is 0.468 e. The van der Waals surface area contributed by atoms with Crippen LogP contribution in [0.3, 0.4) is 0 Å². The lowest BCUT2D eigenvalue weighted by molar-refractivity contribution is -0.146. The van der Waals surface area contributed by atoms with E-state index in [9.17, 15) is 4.79 Å². The Morgan fingerprint density at radius 2 is 1.77 bits per heavy atom. The first-order valence-electron chi connectivity index (χ1n) is 11.1. The highest BCUT2D eigenvalue weighted by Gasteiger charge is 2.31. The first kappa shape index (κ1) is 21.4. The highest BCUT2D eigenvalue weighted by molar-refractivity contribution is 5.86. The maximum absolute atomic E-state index is 12.1. The van der Waals surface area contributed by atoms with Crippen molar-refractivity contribution < 1.29 is 9.53 Å². The molecule has 0 aromatic heterocycles. The van der Waals surface area contributed by atoms with Crippen LogP contribution in [0.25, 0.3) is 10.8 Å². The van der Waals surface area contributed by atoms with Crippen molar-refractivity contribution in [2.75, 3.05) is 25.1 Å². The summed E-state index contributed by atoms with van der Waals surface area (Å²) in [5.74, 6) is -0.215. The molecule has 4 rings (SSSR count). The van der Waals surface area contributed by atoms with Crippen molar-refractivity contribution in [1.29, 1.82) is 0 Å². The van der Waals surface area contributed by atoms with E-state index in [2.05, 4.69) is 71.7 Å². The third-order valence-corrected chi connectivity index (χ3v) is 6.61. The molecule has 0 spiro atoms. The highest BCUT2D eigenvalue weighted by atomic mass is 16.5. The van der Waals surface area contributed by atoms with Gasteiger partial charge < -0.3 is 15.0 Å². The van der Waals surface area contributed by atoms with Crippen LogP contribution in [-0.2, 0) is 14.9 Å². The molecule has 0 bridgehead atoms. The standard InChI is InChI=1S/C27H32N2O2/c1-19(24-11-7-9-20-8-5-6-10-25(20)24)28-22-16-17-29(18-22)23-14-12-21(13-15-23)27(2,3)26(30)31-4/h5-15,19,22,28H,16-18H2,1-4H3/t19-,22+/m1/s1. The third-order valence-electron chi connectivity index (χ3n) is 6.61. The van der Waals surface area contributed by atoms with E-state index in [-0.39, 0.29) is 5.97 Å². The summed E-state index contributed by atoms with van der Waals surface area (Å²) in [6.45, 7) is 8.07. The van der Waals surface area contributed by atoms with Crippen molar-refractivity contribution in [3.8, 4) is 0 Å². The van der Waals surface area contributed by atoms with Gasteiger partial charge in [-0.15, -0.1) is 0 Å². The first-order valence-corrected chi connectivity index (χ1v) is 11.1. The van der Waals surface area contributed by atoms with Crippen LogP contribution in [0.1, 0.15) is 44.4 Å². The summed E-state index contributed by atoms with van der Waals surface area (Å²) >= 11 is 0. The minimum Gasteiger partial charge on any atom is -0.468 e. The number of nitrogens with zero attached hydrogens (tertiary/aromatic N) is 1. The second-order valence-electron chi connectivity index (χ2n) is 9.05. The molecular weight excluding hydrogens is 384 g/mol. The number of rotatable bonds is 6. The maximum atomic E-state index is 12.1. The van der Waals surface area contributed by atoms with Gasteiger partial charge in [0.2, 0.25) is 0 Å². The van der Waals surface area contributed by atoms with Gasteiger partial charge in [0.15, 0.2) is 0 Å². The van der Waals surface area contributed by atoms with Crippen LogP contribution < -0.4 is 10.2 Å². The van der Waals surface area contributed by atoms with Crippen molar-refractivity contribution >= 4 is 22.4 Å². The highest BCUT2D eigenvalue weighted by Crippen LogP contribution is 2.29. The predicted octanol–water partition coefficient (Wildman–Crippen LogP) is 5.22. The second-order valence-corrected chi connectivity index (χ2v) is 9.05. The number of ether oxygens (including phenoxy) is 1. The Morgan fingerprint density at radius 1 is 1.06 bits per heavy atom. The molecule has 162 valence electrons. The zero-order valence-corrected chi connectivity index (χ0v) is 18.9. The van der Waals surface area contributed by atoms with Crippen LogP contribution in [0.5, 0.6) is 0 Å². The summed E-state index contributed by atoms with van der Waals surface area (Å²) in [6, 6.07) is 24.2. The summed E-state index contributed by atoms with van der Waals surface area (Å²) in [5, 5.41) is 6.45. The van der Waals surface area contributed by atoms with Gasteiger partial charge in [-0.1, -0.05) is 54.6 Å². The number of fused-ring (bicyclic) bond motifs is 1. The van der Waals surface area contributed by atoms with E-state index < -0.39 is 5.41 Å². The molecule has 2 atom stereocenters. The lowest BCUT2D eigenvalue weighted by atomic mass is 9.84. The molecule has 0 radical (unpaired) electrons. The maximum Gasteiger partial charge on any atom is 0.315 e. The SMILES string of the molecule is COC(=O)C(C)(C)c1ccc(N2CC[C@H](N[C@H](C)c3cccc4ccccc34)C2)cc1. The molecular formula is C27H32N2O2. The fourth-order valence-corrected chi connectivity index (χ4v) is 4.66. The van der Waals surface area contributed by atoms with Crippen molar-refractivity contribution in [2.24, 2.45) is 0 Å². The molecule has 1 heterocycles. The third kappa shape index (κ3) is 4.31. The molecule has 1 aliphatic heterocycles. The summed E-state index contributed by atoms with van der Waals surface area (Å²) in [6.07, 6.45) is 1.12. The number of methoxy groups -OCH3 is 1. The molecule has 1 fully saturated rings. The zero-order chi connectivity index (χ0) is 22.0. The molecule has 0 amide bonds. The summed E-state index contributed by atoms with van der Waals surface area (Å²) < 4.78 is 4.96. The zero-order valence-electron chi connectivity index (χ0n) is 18.9. The topological polar surface area (TPSA) is 41.6 Å². The van der Waals surface area contributed by atoms with Gasteiger partial charge in [-0.05, 0) is 61.2 Å². The van der Waals surface area contributed by atoms with Gasteiger partial charge in [-0.2, -0.15) is 0 Å². The monoisotopic (exact) mass is 416 g/mol. The van der Waals surface area contributed by atoms with Crippen molar-refractivity contribution in [3.05, 3.63) is 77.9 Å². The van der Waals surface area contributed by atoms with Crippen molar-refractivity contribution in [2.45, 2.75) is 44.7 Å². The molecule has 0 saturated carbocycles. The minimum atomic E-state index is -0.643. The number of carbonyl (C=O) groups is 1. The Kier molecular flexibility index (Phi) is 6.01. The van der Waals surface area contributed by atoms with Crippen molar-refractivity contribution in [1.82, 2.24) is 5.32 Å². The Balaban J connectivity index is 1.42. The Bertz CT molecular complexity index is 1050. The van der Waals surface area contributed by atoms with Crippen LogP contribution in [0.15, 0.2) is 66.7 Å². The summed E-state index contributed by atoms with van der Waals surface area (Å²) in [5.41, 5.74) is 2.88. The van der Waals surface area contributed by atoms with Crippen LogP contribution >= 0.6 is 0 Å². The number of hydrogen-bond acceptors (Lipinski definition) is 4. The van der Waals surface area contributed by atoms with Gasteiger partial charge in [-0.25, -0.2) is 0 Å². The van der Waals surface area contributed by atoms with Crippen LogP contribution in [0.2, 0.25) is 0 Å². The fourth-order valence-electron chi connectivity index (χ4n) is 4.66. The van der Waals surface area contributed by atoms with Gasteiger partial charge in [0, 0.05) is 30.9 Å². The summed E-state index contributed by atoms with van der Waals surface area (Å²) in [4.78, 5) is 14.5. The Labute approximate surface area is 185 Å². The van der Waals surface area contributed by atoms with E-state index in [1.807, 2.05) is 26.0 Å². The first-order chi connectivity index (χ1) is 14.9. The van der Waals surface area contributed by atoms with Crippen LogP contribution in [0, 0.1) is 0 Å². The summed E-state index contributed by atoms with van der Waals surface area (Å²) in [7, 11) is 1.44. The van der Waals surface area contributed by atoms with E-state index in [4.69, 9.17) is 4.74 Å². The smallest absolute Gasteiger partial charge is 0.315 e. The number of carbonyl (C=O) groups excluding carboxylic acids is 1. The van der Waals surface area contributed by atoms with Crippen LogP contribution in [-0.4, -0.2) is 32.2 Å². The number of benzene rings is 3. The average molecular weight is 417 g/mol. The average Bonchev–Trinajstić information content (AvgIpc) is 3.26. The van der Waals surface area contributed by atoms with E-state index >= 15 is 0 Å². The van der Waals surface area contributed by atoms with Gasteiger partial charge in [0.05, 0.1) is 12.5 Å². The molecule has 4 heteroatoms. The van der Waals surface area contributed by atoms with E-state index in [1.165, 1.54) is 29.1 Å². The number of anilines is 1. The van der Waals surface area contributed by atoms with Crippen molar-refractivity contribution in [3.63, 3.8) is 0 Å². The van der Waals surface area contributed by atoms with E-state index in [0.29, 0.717) is 12.1 Å². The molecule has 1 aliphatic rings. The Morgan fingerprint density at radius 3 is 2.52 bits per heavy atom. The van der Waals surface area contributed by atoms with Gasteiger partial charge >= 0.3 is 5.97 Å². The molecule has 1 N–H and O–H groups in total. The number of nitrogens with one attached hydrogen (secondary N) is 1. The molecule has 4 nitrogen and oxygen atoms in total. The molecule has 31 heavy (non-hydrogen) atoms. The Hall–Kier alpha value is -2.85. The van der Waals surface area contributed by atoms with Gasteiger partial charge in [-0.3, -0.25) is 4.79 Å². The normalized spacial score (nSPS) is 17.7.